The molecule has 0 radical (unpaired) electrons. The van der Waals surface area contributed by atoms with Crippen LogP contribution in [0, 0.1) is 5.92 Å². The summed E-state index contributed by atoms with van der Waals surface area (Å²) in [5.74, 6) is 0.851. The summed E-state index contributed by atoms with van der Waals surface area (Å²) >= 11 is 1.64. The SMILES string of the molecule is CCc1ccc(C(=O)CN2CCCC(COC)C2)s1. The number of rotatable bonds is 6. The van der Waals surface area contributed by atoms with Crippen molar-refractivity contribution in [3.05, 3.63) is 21.9 Å². The highest BCUT2D eigenvalue weighted by Crippen LogP contribution is 2.20. The molecule has 3 nitrogen and oxygen atoms in total. The first-order valence-electron chi connectivity index (χ1n) is 7.06. The van der Waals surface area contributed by atoms with Crippen LogP contribution in [-0.4, -0.2) is 44.0 Å². The quantitative estimate of drug-likeness (QED) is 0.751. The van der Waals surface area contributed by atoms with Crippen LogP contribution in [0.3, 0.4) is 0 Å². The zero-order valence-corrected chi connectivity index (χ0v) is 12.7. The lowest BCUT2D eigenvalue weighted by Gasteiger charge is -2.31. The first-order valence-corrected chi connectivity index (χ1v) is 7.87. The maximum absolute atomic E-state index is 12.2. The summed E-state index contributed by atoms with van der Waals surface area (Å²) < 4.78 is 5.23. The highest BCUT2D eigenvalue weighted by atomic mass is 32.1. The van der Waals surface area contributed by atoms with Crippen molar-refractivity contribution in [3.8, 4) is 0 Å². The molecule has 1 aromatic heterocycles. The Hall–Kier alpha value is -0.710. The van der Waals surface area contributed by atoms with Gasteiger partial charge in [-0.1, -0.05) is 6.92 Å². The van der Waals surface area contributed by atoms with E-state index in [2.05, 4.69) is 17.9 Å². The molecule has 1 aromatic rings. The number of piperidine rings is 1. The van der Waals surface area contributed by atoms with Gasteiger partial charge in [0.25, 0.3) is 0 Å². The van der Waals surface area contributed by atoms with E-state index in [1.165, 1.54) is 17.7 Å². The Kier molecular flexibility index (Phi) is 5.55. The van der Waals surface area contributed by atoms with E-state index in [-0.39, 0.29) is 5.78 Å². The van der Waals surface area contributed by atoms with Crippen molar-refractivity contribution in [2.24, 2.45) is 5.92 Å². The van der Waals surface area contributed by atoms with Crippen LogP contribution >= 0.6 is 11.3 Å². The predicted molar refractivity (Wildman–Crippen MR) is 79.1 cm³/mol. The molecule has 1 aliphatic heterocycles. The van der Waals surface area contributed by atoms with Gasteiger partial charge in [-0.15, -0.1) is 11.3 Å². The first-order chi connectivity index (χ1) is 9.22. The van der Waals surface area contributed by atoms with Gasteiger partial charge < -0.3 is 4.74 Å². The molecule has 2 rings (SSSR count). The fourth-order valence-corrected chi connectivity index (χ4v) is 3.54. The van der Waals surface area contributed by atoms with Gasteiger partial charge in [0, 0.05) is 18.5 Å². The minimum absolute atomic E-state index is 0.266. The zero-order valence-electron chi connectivity index (χ0n) is 11.9. The van der Waals surface area contributed by atoms with Crippen LogP contribution in [0.4, 0.5) is 0 Å². The van der Waals surface area contributed by atoms with Gasteiger partial charge in [-0.2, -0.15) is 0 Å². The van der Waals surface area contributed by atoms with Crippen molar-refractivity contribution in [3.63, 3.8) is 0 Å². The fourth-order valence-electron chi connectivity index (χ4n) is 2.67. The topological polar surface area (TPSA) is 29.5 Å². The lowest BCUT2D eigenvalue weighted by atomic mass is 9.99. The number of likely N-dealkylation sites (tertiary alicyclic amines) is 1. The third kappa shape index (κ3) is 4.13. The van der Waals surface area contributed by atoms with E-state index in [1.54, 1.807) is 18.4 Å². The molecule has 1 saturated heterocycles. The zero-order chi connectivity index (χ0) is 13.7. The van der Waals surface area contributed by atoms with Crippen molar-refractivity contribution >= 4 is 17.1 Å². The Morgan fingerprint density at radius 3 is 3.05 bits per heavy atom. The third-order valence-electron chi connectivity index (χ3n) is 3.66. The van der Waals surface area contributed by atoms with Crippen molar-refractivity contribution in [2.75, 3.05) is 33.4 Å². The van der Waals surface area contributed by atoms with Crippen LogP contribution in [0.25, 0.3) is 0 Å². The second-order valence-corrected chi connectivity index (χ2v) is 6.41. The Morgan fingerprint density at radius 2 is 2.37 bits per heavy atom. The number of ether oxygens (including phenoxy) is 1. The normalized spacial score (nSPS) is 20.6. The molecule has 0 spiro atoms. The molecular formula is C15H23NO2S. The molecule has 1 unspecified atom stereocenters. The van der Waals surface area contributed by atoms with E-state index >= 15 is 0 Å². The van der Waals surface area contributed by atoms with E-state index in [4.69, 9.17) is 4.74 Å². The Balaban J connectivity index is 1.87. The molecule has 0 bridgehead atoms. The molecule has 0 N–H and O–H groups in total. The molecule has 4 heteroatoms. The second-order valence-electron chi connectivity index (χ2n) is 5.24. The highest BCUT2D eigenvalue weighted by molar-refractivity contribution is 7.14. The largest absolute Gasteiger partial charge is 0.384 e. The number of methoxy groups -OCH3 is 1. The van der Waals surface area contributed by atoms with Crippen molar-refractivity contribution in [1.82, 2.24) is 4.90 Å². The molecule has 0 aromatic carbocycles. The van der Waals surface area contributed by atoms with Crippen molar-refractivity contribution in [1.29, 1.82) is 0 Å². The number of ketones is 1. The van der Waals surface area contributed by atoms with Crippen LogP contribution in [0.1, 0.15) is 34.3 Å². The number of carbonyl (C=O) groups excluding carboxylic acids is 1. The van der Waals surface area contributed by atoms with Crippen LogP contribution in [0.2, 0.25) is 0 Å². The van der Waals surface area contributed by atoms with Gasteiger partial charge in [-0.25, -0.2) is 0 Å². The Labute approximate surface area is 119 Å². The molecule has 1 fully saturated rings. The summed E-state index contributed by atoms with van der Waals surface area (Å²) in [6, 6.07) is 4.05. The van der Waals surface area contributed by atoms with Gasteiger partial charge in [0.2, 0.25) is 0 Å². The van der Waals surface area contributed by atoms with E-state index in [0.717, 1.165) is 31.0 Å². The lowest BCUT2D eigenvalue weighted by molar-refractivity contribution is 0.0760. The van der Waals surface area contributed by atoms with Gasteiger partial charge in [-0.05, 0) is 43.9 Å². The number of carbonyl (C=O) groups is 1. The van der Waals surface area contributed by atoms with Gasteiger partial charge >= 0.3 is 0 Å². The first kappa shape index (κ1) is 14.7. The summed E-state index contributed by atoms with van der Waals surface area (Å²) in [5, 5.41) is 0. The molecular weight excluding hydrogens is 258 g/mol. The van der Waals surface area contributed by atoms with Crippen LogP contribution in [0.15, 0.2) is 12.1 Å². The van der Waals surface area contributed by atoms with Gasteiger partial charge in [-0.3, -0.25) is 9.69 Å². The number of Topliss-reactive ketones (excluding diaryl/α,β-unsaturated/α-hetero) is 1. The van der Waals surface area contributed by atoms with Gasteiger partial charge in [0.05, 0.1) is 18.0 Å². The van der Waals surface area contributed by atoms with E-state index < -0.39 is 0 Å². The fraction of sp³-hybridized carbons (Fsp3) is 0.667. The average Bonchev–Trinajstić information content (AvgIpc) is 2.88. The molecule has 0 aliphatic carbocycles. The smallest absolute Gasteiger partial charge is 0.186 e. The van der Waals surface area contributed by atoms with E-state index in [1.807, 2.05) is 6.07 Å². The third-order valence-corrected chi connectivity index (χ3v) is 4.93. The maximum atomic E-state index is 12.2. The van der Waals surface area contributed by atoms with Crippen molar-refractivity contribution < 1.29 is 9.53 Å². The highest BCUT2D eigenvalue weighted by Gasteiger charge is 2.22. The minimum Gasteiger partial charge on any atom is -0.384 e. The van der Waals surface area contributed by atoms with Crippen LogP contribution in [0.5, 0.6) is 0 Å². The summed E-state index contributed by atoms with van der Waals surface area (Å²) in [4.78, 5) is 16.7. The molecule has 19 heavy (non-hydrogen) atoms. The number of aryl methyl sites for hydroxylation is 1. The summed E-state index contributed by atoms with van der Waals surface area (Å²) in [7, 11) is 1.75. The van der Waals surface area contributed by atoms with Gasteiger partial charge in [0.1, 0.15) is 0 Å². The summed E-state index contributed by atoms with van der Waals surface area (Å²) in [6.07, 6.45) is 3.40. The molecule has 2 heterocycles. The number of thiophene rings is 1. The van der Waals surface area contributed by atoms with Gasteiger partial charge in [0.15, 0.2) is 5.78 Å². The molecule has 1 atom stereocenters. The standard InChI is InChI=1S/C15H23NO2S/c1-3-13-6-7-15(19-13)14(17)10-16-8-4-5-12(9-16)11-18-2/h6-7,12H,3-5,8-11H2,1-2H3. The lowest BCUT2D eigenvalue weighted by Crippen LogP contribution is -2.39. The van der Waals surface area contributed by atoms with E-state index in [0.29, 0.717) is 12.5 Å². The number of hydrogen-bond donors (Lipinski definition) is 0. The number of nitrogens with zero attached hydrogens (tertiary/aromatic N) is 1. The monoisotopic (exact) mass is 281 g/mol. The van der Waals surface area contributed by atoms with Crippen molar-refractivity contribution in [2.45, 2.75) is 26.2 Å². The average molecular weight is 281 g/mol. The molecule has 1 aliphatic rings. The summed E-state index contributed by atoms with van der Waals surface area (Å²) in [6.45, 7) is 5.52. The van der Waals surface area contributed by atoms with E-state index in [9.17, 15) is 4.79 Å². The minimum atomic E-state index is 0.266. The maximum Gasteiger partial charge on any atom is 0.186 e. The molecule has 0 saturated carbocycles. The Bertz CT molecular complexity index is 414. The van der Waals surface area contributed by atoms with Crippen LogP contribution in [-0.2, 0) is 11.2 Å². The second kappa shape index (κ2) is 7.17. The Morgan fingerprint density at radius 1 is 1.53 bits per heavy atom. The molecule has 106 valence electrons. The predicted octanol–water partition coefficient (Wildman–Crippen LogP) is 2.85. The van der Waals surface area contributed by atoms with Crippen LogP contribution < -0.4 is 0 Å². The summed E-state index contributed by atoms with van der Waals surface area (Å²) in [5.41, 5.74) is 0. The number of hydrogen-bond acceptors (Lipinski definition) is 4. The molecule has 0 amide bonds.